The fourth-order valence-corrected chi connectivity index (χ4v) is 2.01. The highest BCUT2D eigenvalue weighted by Crippen LogP contribution is 2.18. The molecule has 1 atom stereocenters. The molecule has 2 aromatic rings. The van der Waals surface area contributed by atoms with Gasteiger partial charge in [-0.1, -0.05) is 17.7 Å². The SMILES string of the molecule is Cc1ccc(O[C@H](C)C(=O)Nc2ccc(OC(C)C)cc2)cc1. The molecular formula is C19H23NO3. The maximum Gasteiger partial charge on any atom is 0.265 e. The number of hydrogen-bond donors (Lipinski definition) is 1. The van der Waals surface area contributed by atoms with Crippen molar-refractivity contribution in [1.29, 1.82) is 0 Å². The molecule has 0 aromatic heterocycles. The highest BCUT2D eigenvalue weighted by Gasteiger charge is 2.14. The summed E-state index contributed by atoms with van der Waals surface area (Å²) in [5, 5.41) is 2.83. The Bertz CT molecular complexity index is 633. The number of nitrogens with one attached hydrogen (secondary N) is 1. The van der Waals surface area contributed by atoms with Crippen LogP contribution in [0.25, 0.3) is 0 Å². The van der Waals surface area contributed by atoms with E-state index < -0.39 is 6.10 Å². The lowest BCUT2D eigenvalue weighted by atomic mass is 10.2. The molecular weight excluding hydrogens is 290 g/mol. The van der Waals surface area contributed by atoms with Crippen LogP contribution in [0.5, 0.6) is 11.5 Å². The molecule has 1 N–H and O–H groups in total. The molecule has 0 saturated heterocycles. The number of rotatable bonds is 6. The zero-order valence-electron chi connectivity index (χ0n) is 14.0. The molecule has 0 bridgehead atoms. The molecule has 23 heavy (non-hydrogen) atoms. The predicted molar refractivity (Wildman–Crippen MR) is 92.1 cm³/mol. The van der Waals surface area contributed by atoms with Crippen LogP contribution in [0.3, 0.4) is 0 Å². The van der Waals surface area contributed by atoms with Crippen LogP contribution in [0.1, 0.15) is 26.3 Å². The van der Waals surface area contributed by atoms with E-state index in [-0.39, 0.29) is 12.0 Å². The molecule has 0 fully saturated rings. The number of hydrogen-bond acceptors (Lipinski definition) is 3. The van der Waals surface area contributed by atoms with E-state index >= 15 is 0 Å². The first kappa shape index (κ1) is 16.9. The van der Waals surface area contributed by atoms with Gasteiger partial charge in [0.05, 0.1) is 6.10 Å². The van der Waals surface area contributed by atoms with Gasteiger partial charge < -0.3 is 14.8 Å². The molecule has 0 radical (unpaired) electrons. The van der Waals surface area contributed by atoms with E-state index in [0.717, 1.165) is 11.3 Å². The lowest BCUT2D eigenvalue weighted by Gasteiger charge is -2.15. The highest BCUT2D eigenvalue weighted by molar-refractivity contribution is 5.94. The van der Waals surface area contributed by atoms with Crippen molar-refractivity contribution in [2.24, 2.45) is 0 Å². The average molecular weight is 313 g/mol. The first-order chi connectivity index (χ1) is 10.9. The molecule has 122 valence electrons. The van der Waals surface area contributed by atoms with Gasteiger partial charge in [-0.25, -0.2) is 0 Å². The van der Waals surface area contributed by atoms with E-state index in [4.69, 9.17) is 9.47 Å². The minimum Gasteiger partial charge on any atom is -0.491 e. The maximum atomic E-state index is 12.2. The first-order valence-corrected chi connectivity index (χ1v) is 7.75. The molecule has 0 aliphatic rings. The Morgan fingerprint density at radius 2 is 1.39 bits per heavy atom. The maximum absolute atomic E-state index is 12.2. The van der Waals surface area contributed by atoms with Crippen LogP contribution in [0.2, 0.25) is 0 Å². The lowest BCUT2D eigenvalue weighted by Crippen LogP contribution is -2.30. The van der Waals surface area contributed by atoms with E-state index in [2.05, 4.69) is 5.32 Å². The van der Waals surface area contributed by atoms with Crippen LogP contribution >= 0.6 is 0 Å². The van der Waals surface area contributed by atoms with Crippen LogP contribution in [0.4, 0.5) is 5.69 Å². The summed E-state index contributed by atoms with van der Waals surface area (Å²) < 4.78 is 11.2. The van der Waals surface area contributed by atoms with Crippen LogP contribution < -0.4 is 14.8 Å². The fourth-order valence-electron chi connectivity index (χ4n) is 2.01. The monoisotopic (exact) mass is 313 g/mol. The second kappa shape index (κ2) is 7.68. The summed E-state index contributed by atoms with van der Waals surface area (Å²) in [6, 6.07) is 14.9. The molecule has 0 heterocycles. The summed E-state index contributed by atoms with van der Waals surface area (Å²) in [5.74, 6) is 1.27. The standard InChI is InChI=1S/C19H23NO3/c1-13(2)22-17-11-7-16(8-12-17)20-19(21)15(4)23-18-9-5-14(3)6-10-18/h5-13,15H,1-4H3,(H,20,21)/t15-/m1/s1. The van der Waals surface area contributed by atoms with Gasteiger partial charge in [-0.2, -0.15) is 0 Å². The number of aryl methyl sites for hydroxylation is 1. The number of carbonyl (C=O) groups is 1. The van der Waals surface area contributed by atoms with Gasteiger partial charge in [0.15, 0.2) is 6.10 Å². The third-order valence-corrected chi connectivity index (χ3v) is 3.20. The van der Waals surface area contributed by atoms with Gasteiger partial charge in [-0.05, 0) is 64.1 Å². The van der Waals surface area contributed by atoms with Crippen molar-refractivity contribution in [3.8, 4) is 11.5 Å². The third-order valence-electron chi connectivity index (χ3n) is 3.20. The summed E-state index contributed by atoms with van der Waals surface area (Å²) in [7, 11) is 0. The van der Waals surface area contributed by atoms with Crippen molar-refractivity contribution >= 4 is 11.6 Å². The molecule has 0 aliphatic heterocycles. The Balaban J connectivity index is 1.91. The summed E-state index contributed by atoms with van der Waals surface area (Å²) >= 11 is 0. The molecule has 0 spiro atoms. The lowest BCUT2D eigenvalue weighted by molar-refractivity contribution is -0.122. The van der Waals surface area contributed by atoms with Gasteiger partial charge in [0.2, 0.25) is 0 Å². The zero-order chi connectivity index (χ0) is 16.8. The Hall–Kier alpha value is -2.49. The number of carbonyl (C=O) groups excluding carboxylic acids is 1. The zero-order valence-corrected chi connectivity index (χ0v) is 14.0. The Labute approximate surface area is 137 Å². The van der Waals surface area contributed by atoms with Crippen LogP contribution in [-0.2, 0) is 4.79 Å². The van der Waals surface area contributed by atoms with Crippen LogP contribution in [0, 0.1) is 6.92 Å². The molecule has 1 amide bonds. The first-order valence-electron chi connectivity index (χ1n) is 7.75. The van der Waals surface area contributed by atoms with Gasteiger partial charge in [0.25, 0.3) is 5.91 Å². The van der Waals surface area contributed by atoms with E-state index in [0.29, 0.717) is 11.4 Å². The largest absolute Gasteiger partial charge is 0.491 e. The van der Waals surface area contributed by atoms with Crippen molar-refractivity contribution in [1.82, 2.24) is 0 Å². The van der Waals surface area contributed by atoms with Gasteiger partial charge in [0, 0.05) is 5.69 Å². The average Bonchev–Trinajstić information content (AvgIpc) is 2.51. The van der Waals surface area contributed by atoms with Gasteiger partial charge >= 0.3 is 0 Å². The van der Waals surface area contributed by atoms with E-state index in [9.17, 15) is 4.79 Å². The Morgan fingerprint density at radius 3 is 1.96 bits per heavy atom. The van der Waals surface area contributed by atoms with Gasteiger partial charge in [0.1, 0.15) is 11.5 Å². The second-order valence-electron chi connectivity index (χ2n) is 5.75. The summed E-state index contributed by atoms with van der Waals surface area (Å²) in [6.45, 7) is 7.68. The second-order valence-corrected chi connectivity index (χ2v) is 5.75. The predicted octanol–water partition coefficient (Wildman–Crippen LogP) is 4.19. The topological polar surface area (TPSA) is 47.6 Å². The van der Waals surface area contributed by atoms with Crippen LogP contribution in [-0.4, -0.2) is 18.1 Å². The minimum absolute atomic E-state index is 0.123. The van der Waals surface area contributed by atoms with E-state index in [1.54, 1.807) is 6.92 Å². The summed E-state index contributed by atoms with van der Waals surface area (Å²) in [6.07, 6.45) is -0.456. The summed E-state index contributed by atoms with van der Waals surface area (Å²) in [5.41, 5.74) is 1.86. The number of amides is 1. The van der Waals surface area contributed by atoms with Crippen molar-refractivity contribution in [3.05, 3.63) is 54.1 Å². The molecule has 2 rings (SSSR count). The van der Waals surface area contributed by atoms with E-state index in [1.807, 2.05) is 69.3 Å². The molecule has 0 aliphatic carbocycles. The number of anilines is 1. The molecule has 4 heteroatoms. The normalized spacial score (nSPS) is 11.9. The number of ether oxygens (including phenoxy) is 2. The van der Waals surface area contributed by atoms with Crippen molar-refractivity contribution in [3.63, 3.8) is 0 Å². The quantitative estimate of drug-likeness (QED) is 0.870. The smallest absolute Gasteiger partial charge is 0.265 e. The highest BCUT2D eigenvalue weighted by atomic mass is 16.5. The fraction of sp³-hybridized carbons (Fsp3) is 0.316. The molecule has 0 saturated carbocycles. The molecule has 2 aromatic carbocycles. The van der Waals surface area contributed by atoms with Crippen molar-refractivity contribution in [2.75, 3.05) is 5.32 Å². The molecule has 4 nitrogen and oxygen atoms in total. The van der Waals surface area contributed by atoms with Crippen molar-refractivity contribution in [2.45, 2.75) is 39.9 Å². The van der Waals surface area contributed by atoms with E-state index in [1.165, 1.54) is 0 Å². The third kappa shape index (κ3) is 5.33. The Kier molecular flexibility index (Phi) is 5.63. The van der Waals surface area contributed by atoms with Gasteiger partial charge in [-0.15, -0.1) is 0 Å². The summed E-state index contributed by atoms with van der Waals surface area (Å²) in [4.78, 5) is 12.2. The van der Waals surface area contributed by atoms with Crippen molar-refractivity contribution < 1.29 is 14.3 Å². The minimum atomic E-state index is -0.579. The van der Waals surface area contributed by atoms with Gasteiger partial charge in [-0.3, -0.25) is 4.79 Å². The molecule has 0 unspecified atom stereocenters. The number of benzene rings is 2. The Morgan fingerprint density at radius 1 is 0.870 bits per heavy atom. The van der Waals surface area contributed by atoms with Crippen LogP contribution in [0.15, 0.2) is 48.5 Å².